The summed E-state index contributed by atoms with van der Waals surface area (Å²) in [6.07, 6.45) is 0.638. The van der Waals surface area contributed by atoms with Gasteiger partial charge in [-0.3, -0.25) is 0 Å². The van der Waals surface area contributed by atoms with Crippen LogP contribution in [0.4, 0.5) is 5.69 Å². The molecule has 2 aromatic rings. The molecule has 5 heteroatoms. The molecule has 1 heterocycles. The Hall–Kier alpha value is -1.88. The summed E-state index contributed by atoms with van der Waals surface area (Å²) in [4.78, 5) is 15.5. The summed E-state index contributed by atoms with van der Waals surface area (Å²) >= 11 is 1.22. The number of nitrogen functional groups attached to an aromatic ring is 1. The number of anilines is 1. The van der Waals surface area contributed by atoms with Gasteiger partial charge in [0, 0.05) is 12.1 Å². The first-order chi connectivity index (χ1) is 8.06. The van der Waals surface area contributed by atoms with Crippen molar-refractivity contribution in [1.29, 1.82) is 0 Å². The minimum atomic E-state index is -0.913. The van der Waals surface area contributed by atoms with Crippen molar-refractivity contribution in [3.8, 4) is 0 Å². The largest absolute Gasteiger partial charge is 0.477 e. The Morgan fingerprint density at radius 1 is 1.41 bits per heavy atom. The number of nitrogens with two attached hydrogens (primary N) is 1. The fourth-order valence-corrected chi connectivity index (χ4v) is 2.47. The molecule has 0 aliphatic rings. The Morgan fingerprint density at radius 3 is 2.59 bits per heavy atom. The van der Waals surface area contributed by atoms with Crippen LogP contribution in [0.15, 0.2) is 24.3 Å². The van der Waals surface area contributed by atoms with Crippen molar-refractivity contribution in [1.82, 2.24) is 4.98 Å². The van der Waals surface area contributed by atoms with Crippen LogP contribution in [0.3, 0.4) is 0 Å². The van der Waals surface area contributed by atoms with E-state index < -0.39 is 5.97 Å². The predicted octanol–water partition coefficient (Wildman–Crippen LogP) is 2.32. The van der Waals surface area contributed by atoms with Gasteiger partial charge in [0.05, 0.1) is 10.7 Å². The molecule has 0 amide bonds. The van der Waals surface area contributed by atoms with E-state index in [1.807, 2.05) is 24.3 Å². The molecule has 2 rings (SSSR count). The minimum Gasteiger partial charge on any atom is -0.477 e. The third-order valence-electron chi connectivity index (χ3n) is 2.37. The van der Waals surface area contributed by atoms with Crippen LogP contribution < -0.4 is 5.73 Å². The highest BCUT2D eigenvalue weighted by Gasteiger charge is 2.13. The summed E-state index contributed by atoms with van der Waals surface area (Å²) in [6.45, 7) is 1.71. The molecule has 0 saturated carbocycles. The molecule has 88 valence electrons. The molecule has 0 aliphatic carbocycles. The van der Waals surface area contributed by atoms with Gasteiger partial charge in [0.1, 0.15) is 4.88 Å². The number of rotatable bonds is 3. The van der Waals surface area contributed by atoms with E-state index in [1.54, 1.807) is 6.92 Å². The first-order valence-electron chi connectivity index (χ1n) is 5.10. The molecule has 0 fully saturated rings. The highest BCUT2D eigenvalue weighted by atomic mass is 32.1. The highest BCUT2D eigenvalue weighted by Crippen LogP contribution is 2.21. The molecular formula is C12H12N2O2S. The summed E-state index contributed by atoms with van der Waals surface area (Å²) in [6, 6.07) is 7.50. The topological polar surface area (TPSA) is 76.2 Å². The quantitative estimate of drug-likeness (QED) is 0.817. The van der Waals surface area contributed by atoms with E-state index in [9.17, 15) is 4.79 Å². The first-order valence-corrected chi connectivity index (χ1v) is 5.92. The second kappa shape index (κ2) is 4.55. The van der Waals surface area contributed by atoms with Crippen LogP contribution in [0.2, 0.25) is 0 Å². The van der Waals surface area contributed by atoms with Gasteiger partial charge in [-0.15, -0.1) is 11.3 Å². The van der Waals surface area contributed by atoms with Crippen LogP contribution in [-0.2, 0) is 6.42 Å². The summed E-state index contributed by atoms with van der Waals surface area (Å²) in [5.41, 5.74) is 7.97. The van der Waals surface area contributed by atoms with Gasteiger partial charge in [0.2, 0.25) is 0 Å². The number of aromatic nitrogens is 1. The van der Waals surface area contributed by atoms with E-state index in [2.05, 4.69) is 4.98 Å². The van der Waals surface area contributed by atoms with Crippen molar-refractivity contribution in [3.63, 3.8) is 0 Å². The summed E-state index contributed by atoms with van der Waals surface area (Å²) < 4.78 is 0. The second-order valence-electron chi connectivity index (χ2n) is 3.75. The Balaban J connectivity index is 2.22. The lowest BCUT2D eigenvalue weighted by Gasteiger charge is -1.98. The molecule has 0 spiro atoms. The fraction of sp³-hybridized carbons (Fsp3) is 0.167. The van der Waals surface area contributed by atoms with Crippen molar-refractivity contribution in [3.05, 3.63) is 45.4 Å². The number of thiazole rings is 1. The third-order valence-corrected chi connectivity index (χ3v) is 3.52. The number of carbonyl (C=O) groups is 1. The number of hydrogen-bond donors (Lipinski definition) is 2. The van der Waals surface area contributed by atoms with Crippen molar-refractivity contribution < 1.29 is 9.90 Å². The smallest absolute Gasteiger partial charge is 0.347 e. The Labute approximate surface area is 103 Å². The lowest BCUT2D eigenvalue weighted by Crippen LogP contribution is -1.94. The molecular weight excluding hydrogens is 236 g/mol. The van der Waals surface area contributed by atoms with E-state index >= 15 is 0 Å². The van der Waals surface area contributed by atoms with Gasteiger partial charge in [-0.1, -0.05) is 12.1 Å². The summed E-state index contributed by atoms with van der Waals surface area (Å²) in [5, 5.41) is 9.75. The maximum Gasteiger partial charge on any atom is 0.347 e. The molecule has 1 aromatic heterocycles. The molecule has 0 saturated heterocycles. The molecule has 1 aromatic carbocycles. The number of aromatic carboxylic acids is 1. The molecule has 0 aliphatic heterocycles. The number of carboxylic acids is 1. The lowest BCUT2D eigenvalue weighted by atomic mass is 10.1. The maximum atomic E-state index is 10.9. The zero-order chi connectivity index (χ0) is 12.4. The Morgan fingerprint density at radius 2 is 2.06 bits per heavy atom. The zero-order valence-corrected chi connectivity index (χ0v) is 10.1. The van der Waals surface area contributed by atoms with Crippen LogP contribution in [0.25, 0.3) is 0 Å². The monoisotopic (exact) mass is 248 g/mol. The predicted molar refractivity (Wildman–Crippen MR) is 67.5 cm³/mol. The van der Waals surface area contributed by atoms with Gasteiger partial charge >= 0.3 is 5.97 Å². The SMILES string of the molecule is Cc1nc(Cc2ccc(N)cc2)sc1C(=O)O. The summed E-state index contributed by atoms with van der Waals surface area (Å²) in [7, 11) is 0. The van der Waals surface area contributed by atoms with E-state index in [-0.39, 0.29) is 0 Å². The molecule has 3 N–H and O–H groups in total. The van der Waals surface area contributed by atoms with E-state index in [4.69, 9.17) is 10.8 Å². The number of nitrogens with zero attached hydrogens (tertiary/aromatic N) is 1. The number of benzene rings is 1. The molecule has 4 nitrogen and oxygen atoms in total. The summed E-state index contributed by atoms with van der Waals surface area (Å²) in [5.74, 6) is -0.913. The molecule has 0 atom stereocenters. The van der Waals surface area contributed by atoms with Gasteiger partial charge in [0.25, 0.3) is 0 Å². The van der Waals surface area contributed by atoms with Crippen molar-refractivity contribution in [2.24, 2.45) is 0 Å². The van der Waals surface area contributed by atoms with Crippen molar-refractivity contribution in [2.45, 2.75) is 13.3 Å². The fourth-order valence-electron chi connectivity index (χ4n) is 1.54. The molecule has 17 heavy (non-hydrogen) atoms. The van der Waals surface area contributed by atoms with Gasteiger partial charge in [-0.25, -0.2) is 9.78 Å². The van der Waals surface area contributed by atoms with E-state index in [0.717, 1.165) is 16.3 Å². The molecule has 0 radical (unpaired) electrons. The Bertz CT molecular complexity index is 546. The number of carboxylic acid groups (broad SMARTS) is 1. The van der Waals surface area contributed by atoms with Crippen LogP contribution in [0.5, 0.6) is 0 Å². The van der Waals surface area contributed by atoms with Crippen LogP contribution in [0, 0.1) is 6.92 Å². The van der Waals surface area contributed by atoms with Crippen LogP contribution in [-0.4, -0.2) is 16.1 Å². The Kier molecular flexibility index (Phi) is 3.10. The first kappa shape index (κ1) is 11.6. The number of hydrogen-bond acceptors (Lipinski definition) is 4. The van der Waals surface area contributed by atoms with Gasteiger partial charge in [-0.2, -0.15) is 0 Å². The van der Waals surface area contributed by atoms with Gasteiger partial charge in [0.15, 0.2) is 0 Å². The van der Waals surface area contributed by atoms with Crippen molar-refractivity contribution in [2.75, 3.05) is 5.73 Å². The molecule has 0 unspecified atom stereocenters. The normalized spacial score (nSPS) is 10.4. The average molecular weight is 248 g/mol. The van der Waals surface area contributed by atoms with E-state index in [0.29, 0.717) is 17.0 Å². The van der Waals surface area contributed by atoms with Gasteiger partial charge < -0.3 is 10.8 Å². The minimum absolute atomic E-state index is 0.315. The molecule has 0 bridgehead atoms. The standard InChI is InChI=1S/C12H12N2O2S/c1-7-11(12(15)16)17-10(14-7)6-8-2-4-9(13)5-3-8/h2-5H,6,13H2,1H3,(H,15,16). The average Bonchev–Trinajstić information content (AvgIpc) is 2.63. The highest BCUT2D eigenvalue weighted by molar-refractivity contribution is 7.13. The van der Waals surface area contributed by atoms with E-state index in [1.165, 1.54) is 11.3 Å². The van der Waals surface area contributed by atoms with Gasteiger partial charge in [-0.05, 0) is 24.6 Å². The van der Waals surface area contributed by atoms with Crippen LogP contribution in [0.1, 0.15) is 25.9 Å². The van der Waals surface area contributed by atoms with Crippen molar-refractivity contribution >= 4 is 23.0 Å². The third kappa shape index (κ3) is 2.62. The maximum absolute atomic E-state index is 10.9. The zero-order valence-electron chi connectivity index (χ0n) is 9.30. The lowest BCUT2D eigenvalue weighted by molar-refractivity contribution is 0.0701. The number of aryl methyl sites for hydroxylation is 1. The van der Waals surface area contributed by atoms with Crippen LogP contribution >= 0.6 is 11.3 Å². The second-order valence-corrected chi connectivity index (χ2v) is 4.83.